The number of likely N-dealkylation sites (N-methyl/N-ethyl adjacent to an activating group) is 1. The summed E-state index contributed by atoms with van der Waals surface area (Å²) in [6, 6.07) is 4.69. The first-order valence-corrected chi connectivity index (χ1v) is 8.29. The van der Waals surface area contributed by atoms with Crippen molar-refractivity contribution in [2.45, 2.75) is 31.5 Å². The van der Waals surface area contributed by atoms with Crippen LogP contribution < -0.4 is 11.1 Å². The van der Waals surface area contributed by atoms with Crippen LogP contribution in [-0.2, 0) is 20.5 Å². The Morgan fingerprint density at radius 2 is 1.85 bits per heavy atom. The van der Waals surface area contributed by atoms with Crippen molar-refractivity contribution in [3.05, 3.63) is 29.8 Å². The molecular weight excluding hydrogens is 387 g/mol. The van der Waals surface area contributed by atoms with Gasteiger partial charge in [-0.05, 0) is 31.9 Å². The van der Waals surface area contributed by atoms with E-state index in [0.717, 1.165) is 6.07 Å². The van der Waals surface area contributed by atoms with Crippen LogP contribution in [-0.4, -0.2) is 48.6 Å². The third-order valence-electron chi connectivity index (χ3n) is 4.32. The van der Waals surface area contributed by atoms with Crippen molar-refractivity contribution >= 4 is 29.9 Å². The Morgan fingerprint density at radius 3 is 2.41 bits per heavy atom. The van der Waals surface area contributed by atoms with Gasteiger partial charge in [-0.1, -0.05) is 12.1 Å². The molecule has 1 fully saturated rings. The number of amides is 2. The first-order valence-electron chi connectivity index (χ1n) is 8.29. The average Bonchev–Trinajstić information content (AvgIpc) is 2.59. The molecule has 1 saturated heterocycles. The standard InChI is InChI=1S/C17H22F3N3O3.ClH/c1-2-23(15(25)16(21)7-9-26-10-8-16)11-14(24)22-13-6-4-3-5-12(13)17(18,19)20;/h3-6H,2,7-11,21H2,1H3,(H,22,24);1H. The molecule has 0 radical (unpaired) electrons. The largest absolute Gasteiger partial charge is 0.418 e. The lowest BCUT2D eigenvalue weighted by molar-refractivity contribution is -0.142. The van der Waals surface area contributed by atoms with E-state index in [9.17, 15) is 22.8 Å². The molecule has 6 nitrogen and oxygen atoms in total. The number of para-hydroxylation sites is 1. The van der Waals surface area contributed by atoms with Crippen LogP contribution in [0.3, 0.4) is 0 Å². The number of nitrogens with one attached hydrogen (secondary N) is 1. The summed E-state index contributed by atoms with van der Waals surface area (Å²) >= 11 is 0. The van der Waals surface area contributed by atoms with E-state index < -0.39 is 29.1 Å². The predicted octanol–water partition coefficient (Wildman–Crippen LogP) is 2.42. The van der Waals surface area contributed by atoms with Crippen LogP contribution in [0.5, 0.6) is 0 Å². The highest BCUT2D eigenvalue weighted by atomic mass is 35.5. The lowest BCUT2D eigenvalue weighted by atomic mass is 9.89. The molecule has 2 rings (SSSR count). The highest BCUT2D eigenvalue weighted by molar-refractivity contribution is 5.96. The molecule has 1 heterocycles. The summed E-state index contributed by atoms with van der Waals surface area (Å²) in [6.07, 6.45) is -3.92. The lowest BCUT2D eigenvalue weighted by Gasteiger charge is -2.36. The Labute approximate surface area is 161 Å². The van der Waals surface area contributed by atoms with E-state index in [2.05, 4.69) is 5.32 Å². The maximum Gasteiger partial charge on any atom is 0.418 e. The number of halogens is 4. The third kappa shape index (κ3) is 5.82. The molecule has 2 amide bonds. The second-order valence-corrected chi connectivity index (χ2v) is 6.18. The van der Waals surface area contributed by atoms with Crippen LogP contribution in [0.4, 0.5) is 18.9 Å². The van der Waals surface area contributed by atoms with E-state index in [-0.39, 0.29) is 31.2 Å². The normalized spacial score (nSPS) is 16.2. The zero-order valence-electron chi connectivity index (χ0n) is 14.8. The van der Waals surface area contributed by atoms with E-state index in [1.807, 2.05) is 0 Å². The van der Waals surface area contributed by atoms with E-state index in [0.29, 0.717) is 26.1 Å². The molecule has 0 aromatic heterocycles. The Kier molecular flexibility index (Phi) is 8.06. The zero-order valence-corrected chi connectivity index (χ0v) is 15.7. The van der Waals surface area contributed by atoms with Crippen molar-refractivity contribution in [2.75, 3.05) is 31.6 Å². The summed E-state index contributed by atoms with van der Waals surface area (Å²) in [5.74, 6) is -1.12. The molecule has 1 aromatic carbocycles. The fourth-order valence-electron chi connectivity index (χ4n) is 2.79. The Morgan fingerprint density at radius 1 is 1.26 bits per heavy atom. The fraction of sp³-hybridized carbons (Fsp3) is 0.529. The van der Waals surface area contributed by atoms with Gasteiger partial charge >= 0.3 is 6.18 Å². The van der Waals surface area contributed by atoms with Crippen molar-refractivity contribution < 1.29 is 27.5 Å². The molecule has 1 aliphatic heterocycles. The number of nitrogens with zero attached hydrogens (tertiary/aromatic N) is 1. The first kappa shape index (κ1) is 23.2. The molecule has 1 aromatic rings. The molecule has 27 heavy (non-hydrogen) atoms. The van der Waals surface area contributed by atoms with Gasteiger partial charge in [-0.15, -0.1) is 12.4 Å². The predicted molar refractivity (Wildman–Crippen MR) is 96.5 cm³/mol. The quantitative estimate of drug-likeness (QED) is 0.782. The van der Waals surface area contributed by atoms with Gasteiger partial charge in [-0.3, -0.25) is 9.59 Å². The Balaban J connectivity index is 0.00000364. The summed E-state index contributed by atoms with van der Waals surface area (Å²) in [6.45, 7) is 2.22. The molecule has 0 bridgehead atoms. The minimum absolute atomic E-state index is 0. The monoisotopic (exact) mass is 409 g/mol. The lowest BCUT2D eigenvalue weighted by Crippen LogP contribution is -2.59. The SMILES string of the molecule is CCN(CC(=O)Nc1ccccc1C(F)(F)F)C(=O)C1(N)CCOCC1.Cl. The van der Waals surface area contributed by atoms with Gasteiger partial charge in [0.1, 0.15) is 0 Å². The highest BCUT2D eigenvalue weighted by Gasteiger charge is 2.39. The van der Waals surface area contributed by atoms with E-state index >= 15 is 0 Å². The smallest absolute Gasteiger partial charge is 0.381 e. The second-order valence-electron chi connectivity index (χ2n) is 6.18. The fourth-order valence-corrected chi connectivity index (χ4v) is 2.79. The molecule has 10 heteroatoms. The van der Waals surface area contributed by atoms with Crippen LogP contribution >= 0.6 is 12.4 Å². The maximum absolute atomic E-state index is 13.0. The molecule has 1 aliphatic rings. The first-order chi connectivity index (χ1) is 12.2. The Hall–Kier alpha value is -1.84. The number of carbonyl (C=O) groups excluding carboxylic acids is 2. The minimum atomic E-state index is -4.59. The van der Waals surface area contributed by atoms with E-state index in [4.69, 9.17) is 10.5 Å². The van der Waals surface area contributed by atoms with Crippen LogP contribution in [0, 0.1) is 0 Å². The van der Waals surface area contributed by atoms with Gasteiger partial charge in [0.15, 0.2) is 0 Å². The highest BCUT2D eigenvalue weighted by Crippen LogP contribution is 2.34. The van der Waals surface area contributed by atoms with Crippen LogP contribution in [0.15, 0.2) is 24.3 Å². The number of nitrogens with two attached hydrogens (primary N) is 1. The molecule has 0 saturated carbocycles. The summed E-state index contributed by atoms with van der Waals surface area (Å²) in [5, 5.41) is 2.23. The molecule has 3 N–H and O–H groups in total. The van der Waals surface area contributed by atoms with Crippen LogP contribution in [0.2, 0.25) is 0 Å². The van der Waals surface area contributed by atoms with Gasteiger partial charge in [-0.2, -0.15) is 13.2 Å². The summed E-state index contributed by atoms with van der Waals surface area (Å²) in [5.41, 5.74) is 3.74. The summed E-state index contributed by atoms with van der Waals surface area (Å²) in [4.78, 5) is 26.1. The van der Waals surface area contributed by atoms with Gasteiger partial charge in [-0.25, -0.2) is 0 Å². The molecule has 152 valence electrons. The number of rotatable bonds is 5. The van der Waals surface area contributed by atoms with Crippen molar-refractivity contribution in [1.29, 1.82) is 0 Å². The van der Waals surface area contributed by atoms with Gasteiger partial charge in [0.2, 0.25) is 11.8 Å². The maximum atomic E-state index is 13.0. The van der Waals surface area contributed by atoms with Gasteiger partial charge < -0.3 is 20.7 Å². The molecule has 0 atom stereocenters. The van der Waals surface area contributed by atoms with Crippen molar-refractivity contribution in [1.82, 2.24) is 4.90 Å². The van der Waals surface area contributed by atoms with Gasteiger partial charge in [0.25, 0.3) is 0 Å². The average molecular weight is 410 g/mol. The van der Waals surface area contributed by atoms with Crippen molar-refractivity contribution in [3.63, 3.8) is 0 Å². The van der Waals surface area contributed by atoms with Gasteiger partial charge in [0.05, 0.1) is 23.3 Å². The van der Waals surface area contributed by atoms with Crippen molar-refractivity contribution in [3.8, 4) is 0 Å². The van der Waals surface area contributed by atoms with Crippen LogP contribution in [0.25, 0.3) is 0 Å². The van der Waals surface area contributed by atoms with Crippen LogP contribution in [0.1, 0.15) is 25.3 Å². The number of benzene rings is 1. The number of anilines is 1. The Bertz CT molecular complexity index is 664. The minimum Gasteiger partial charge on any atom is -0.381 e. The zero-order chi connectivity index (χ0) is 19.4. The third-order valence-corrected chi connectivity index (χ3v) is 4.32. The van der Waals surface area contributed by atoms with E-state index in [1.165, 1.54) is 23.1 Å². The summed E-state index contributed by atoms with van der Waals surface area (Å²) in [7, 11) is 0. The number of alkyl halides is 3. The molecular formula is C17H23ClF3N3O3. The number of ether oxygens (including phenoxy) is 1. The van der Waals surface area contributed by atoms with Gasteiger partial charge in [0, 0.05) is 19.8 Å². The number of hydrogen-bond acceptors (Lipinski definition) is 4. The molecule has 0 unspecified atom stereocenters. The molecule has 0 aliphatic carbocycles. The topological polar surface area (TPSA) is 84.7 Å². The number of carbonyl (C=O) groups is 2. The summed E-state index contributed by atoms with van der Waals surface area (Å²) < 4.78 is 44.2. The number of hydrogen-bond donors (Lipinski definition) is 2. The van der Waals surface area contributed by atoms with E-state index in [1.54, 1.807) is 6.92 Å². The van der Waals surface area contributed by atoms with Crippen molar-refractivity contribution in [2.24, 2.45) is 5.73 Å². The molecule has 0 spiro atoms. The second kappa shape index (κ2) is 9.38.